The van der Waals surface area contributed by atoms with Gasteiger partial charge in [-0.05, 0) is 18.6 Å². The Kier molecular flexibility index (Phi) is 4.85. The molecule has 1 aromatic rings. The van der Waals surface area contributed by atoms with Gasteiger partial charge in [0.1, 0.15) is 0 Å². The van der Waals surface area contributed by atoms with E-state index in [0.717, 1.165) is 5.56 Å². The largest absolute Gasteiger partial charge is 0.342 e. The molecule has 3 N–H and O–H groups in total. The second-order valence-electron chi connectivity index (χ2n) is 4.31. The van der Waals surface area contributed by atoms with Gasteiger partial charge in [-0.1, -0.05) is 18.2 Å². The number of hydrogen-bond donors (Lipinski definition) is 2. The molecule has 0 bridgehead atoms. The Bertz CT molecular complexity index is 444. The Hall–Kier alpha value is -1.88. The van der Waals surface area contributed by atoms with Gasteiger partial charge in [-0.25, -0.2) is 0 Å². The van der Waals surface area contributed by atoms with E-state index in [1.54, 1.807) is 24.9 Å². The van der Waals surface area contributed by atoms with E-state index in [0.29, 0.717) is 12.2 Å². The van der Waals surface area contributed by atoms with Crippen LogP contribution in [-0.2, 0) is 16.1 Å². The molecule has 0 aliphatic rings. The van der Waals surface area contributed by atoms with Gasteiger partial charge in [0.05, 0.1) is 6.04 Å². The average Bonchev–Trinajstić information content (AvgIpc) is 2.31. The van der Waals surface area contributed by atoms with Crippen molar-refractivity contribution in [1.29, 1.82) is 0 Å². The number of hydrogen-bond acceptors (Lipinski definition) is 3. The van der Waals surface area contributed by atoms with Crippen molar-refractivity contribution < 1.29 is 9.59 Å². The highest BCUT2D eigenvalue weighted by molar-refractivity contribution is 5.95. The molecule has 1 atom stereocenters. The van der Waals surface area contributed by atoms with Crippen molar-refractivity contribution in [3.8, 4) is 0 Å². The number of carbonyl (C=O) groups excluding carboxylic acids is 2. The van der Waals surface area contributed by atoms with Gasteiger partial charge in [0.25, 0.3) is 0 Å². The minimum atomic E-state index is -0.566. The van der Waals surface area contributed by atoms with Crippen LogP contribution < -0.4 is 11.1 Å². The topological polar surface area (TPSA) is 75.4 Å². The molecule has 18 heavy (non-hydrogen) atoms. The van der Waals surface area contributed by atoms with Crippen molar-refractivity contribution in [2.75, 3.05) is 12.4 Å². The molecule has 0 spiro atoms. The third kappa shape index (κ3) is 3.85. The van der Waals surface area contributed by atoms with Gasteiger partial charge in [0.15, 0.2) is 0 Å². The van der Waals surface area contributed by atoms with Crippen molar-refractivity contribution >= 4 is 17.5 Å². The molecule has 0 radical (unpaired) electrons. The van der Waals surface area contributed by atoms with Crippen LogP contribution in [0.25, 0.3) is 0 Å². The van der Waals surface area contributed by atoms with E-state index in [1.165, 1.54) is 6.92 Å². The smallest absolute Gasteiger partial charge is 0.241 e. The molecule has 0 aromatic heterocycles. The molecular weight excluding hydrogens is 230 g/mol. The average molecular weight is 249 g/mol. The number of nitrogens with two attached hydrogens (primary N) is 1. The molecular formula is C13H19N3O2. The van der Waals surface area contributed by atoms with E-state index in [-0.39, 0.29) is 11.8 Å². The molecule has 1 unspecified atom stereocenters. The first-order valence-electron chi connectivity index (χ1n) is 5.78. The van der Waals surface area contributed by atoms with E-state index < -0.39 is 6.04 Å². The van der Waals surface area contributed by atoms with E-state index in [2.05, 4.69) is 5.32 Å². The van der Waals surface area contributed by atoms with Crippen LogP contribution in [0.1, 0.15) is 19.4 Å². The maximum Gasteiger partial charge on any atom is 0.241 e. The summed E-state index contributed by atoms with van der Waals surface area (Å²) in [6.07, 6.45) is 0. The Morgan fingerprint density at radius 1 is 1.39 bits per heavy atom. The van der Waals surface area contributed by atoms with E-state index >= 15 is 0 Å². The summed E-state index contributed by atoms with van der Waals surface area (Å²) in [5.74, 6) is -0.267. The Balaban J connectivity index is 2.86. The second kappa shape index (κ2) is 6.16. The summed E-state index contributed by atoms with van der Waals surface area (Å²) < 4.78 is 0. The second-order valence-corrected chi connectivity index (χ2v) is 4.31. The Morgan fingerprint density at radius 2 is 2.00 bits per heavy atom. The van der Waals surface area contributed by atoms with Crippen LogP contribution in [0.5, 0.6) is 0 Å². The highest BCUT2D eigenvalue weighted by atomic mass is 16.2. The molecule has 0 fully saturated rings. The first-order valence-corrected chi connectivity index (χ1v) is 5.78. The number of amides is 2. The Labute approximate surface area is 107 Å². The molecule has 0 aliphatic heterocycles. The molecule has 0 saturated carbocycles. The van der Waals surface area contributed by atoms with Crippen LogP contribution in [0.3, 0.4) is 0 Å². The van der Waals surface area contributed by atoms with Crippen LogP contribution in [0.15, 0.2) is 24.3 Å². The van der Waals surface area contributed by atoms with Crippen LogP contribution in [-0.4, -0.2) is 29.8 Å². The van der Waals surface area contributed by atoms with Crippen molar-refractivity contribution in [2.24, 2.45) is 5.73 Å². The van der Waals surface area contributed by atoms with Gasteiger partial charge in [-0.2, -0.15) is 0 Å². The van der Waals surface area contributed by atoms with Crippen LogP contribution >= 0.6 is 0 Å². The lowest BCUT2D eigenvalue weighted by molar-refractivity contribution is -0.128. The SMILES string of the molecule is CC(=O)N(C)Cc1ccccc1NC(=O)C(C)N. The Morgan fingerprint density at radius 3 is 2.56 bits per heavy atom. The maximum atomic E-state index is 11.6. The van der Waals surface area contributed by atoms with Crippen LogP contribution in [0, 0.1) is 0 Å². The predicted molar refractivity (Wildman–Crippen MR) is 70.9 cm³/mol. The number of nitrogens with one attached hydrogen (secondary N) is 1. The lowest BCUT2D eigenvalue weighted by Crippen LogP contribution is -2.33. The van der Waals surface area contributed by atoms with Crippen LogP contribution in [0.2, 0.25) is 0 Å². The van der Waals surface area contributed by atoms with Gasteiger partial charge >= 0.3 is 0 Å². The molecule has 1 aromatic carbocycles. The third-order valence-electron chi connectivity index (χ3n) is 2.63. The fraction of sp³-hybridized carbons (Fsp3) is 0.385. The number of rotatable bonds is 4. The van der Waals surface area contributed by atoms with Crippen LogP contribution in [0.4, 0.5) is 5.69 Å². The summed E-state index contributed by atoms with van der Waals surface area (Å²) in [6.45, 7) is 3.58. The maximum absolute atomic E-state index is 11.6. The van der Waals surface area contributed by atoms with Crippen molar-refractivity contribution in [3.63, 3.8) is 0 Å². The summed E-state index contributed by atoms with van der Waals surface area (Å²) in [5.41, 5.74) is 7.07. The molecule has 5 heteroatoms. The lowest BCUT2D eigenvalue weighted by Gasteiger charge is -2.18. The normalized spacial score (nSPS) is 11.8. The number of benzene rings is 1. The fourth-order valence-corrected chi connectivity index (χ4v) is 1.39. The predicted octanol–water partition coefficient (Wildman–Crippen LogP) is 0.951. The summed E-state index contributed by atoms with van der Waals surface area (Å²) in [7, 11) is 1.71. The van der Waals surface area contributed by atoms with E-state index in [9.17, 15) is 9.59 Å². The number of para-hydroxylation sites is 1. The number of carbonyl (C=O) groups is 2. The number of anilines is 1. The molecule has 0 aliphatic carbocycles. The lowest BCUT2D eigenvalue weighted by atomic mass is 10.1. The third-order valence-corrected chi connectivity index (χ3v) is 2.63. The molecule has 5 nitrogen and oxygen atoms in total. The first-order chi connectivity index (χ1) is 8.41. The standard InChI is InChI=1S/C13H19N3O2/c1-9(14)13(18)15-12-7-5-4-6-11(12)8-16(3)10(2)17/h4-7,9H,8,14H2,1-3H3,(H,15,18). The van der Waals surface area contributed by atoms with Crippen molar-refractivity contribution in [3.05, 3.63) is 29.8 Å². The van der Waals surface area contributed by atoms with E-state index in [4.69, 9.17) is 5.73 Å². The highest BCUT2D eigenvalue weighted by Crippen LogP contribution is 2.16. The summed E-state index contributed by atoms with van der Waals surface area (Å²) in [4.78, 5) is 24.4. The van der Waals surface area contributed by atoms with Gasteiger partial charge in [0.2, 0.25) is 11.8 Å². The fourth-order valence-electron chi connectivity index (χ4n) is 1.39. The van der Waals surface area contributed by atoms with Crippen molar-refractivity contribution in [2.45, 2.75) is 26.4 Å². The quantitative estimate of drug-likeness (QED) is 0.834. The van der Waals surface area contributed by atoms with E-state index in [1.807, 2.05) is 18.2 Å². The zero-order valence-corrected chi connectivity index (χ0v) is 10.9. The van der Waals surface area contributed by atoms with Gasteiger partial charge in [-0.3, -0.25) is 9.59 Å². The minimum Gasteiger partial charge on any atom is -0.342 e. The number of nitrogens with zero attached hydrogens (tertiary/aromatic N) is 1. The highest BCUT2D eigenvalue weighted by Gasteiger charge is 2.12. The summed E-state index contributed by atoms with van der Waals surface area (Å²) in [6, 6.07) is 6.79. The molecule has 98 valence electrons. The van der Waals surface area contributed by atoms with Gasteiger partial charge < -0.3 is 16.0 Å². The monoisotopic (exact) mass is 249 g/mol. The summed E-state index contributed by atoms with van der Waals surface area (Å²) in [5, 5.41) is 2.75. The molecule has 0 saturated heterocycles. The van der Waals surface area contributed by atoms with Gasteiger partial charge in [-0.15, -0.1) is 0 Å². The molecule has 2 amide bonds. The molecule has 1 rings (SSSR count). The van der Waals surface area contributed by atoms with Gasteiger partial charge in [0, 0.05) is 26.2 Å². The van der Waals surface area contributed by atoms with Crippen molar-refractivity contribution in [1.82, 2.24) is 4.90 Å². The zero-order valence-electron chi connectivity index (χ0n) is 10.9. The summed E-state index contributed by atoms with van der Waals surface area (Å²) >= 11 is 0. The minimum absolute atomic E-state index is 0.0247. The zero-order chi connectivity index (χ0) is 13.7. The first kappa shape index (κ1) is 14.2. The molecule has 0 heterocycles.